The van der Waals surface area contributed by atoms with Crippen LogP contribution in [-0.2, 0) is 16.6 Å². The van der Waals surface area contributed by atoms with Crippen LogP contribution >= 0.6 is 11.6 Å². The molecule has 3 N–H and O–H groups in total. The first kappa shape index (κ1) is 16.1. The monoisotopic (exact) mass is 304 g/mol. The largest absolute Gasteiger partial charge is 0.395 e. The molecule has 0 aliphatic rings. The van der Waals surface area contributed by atoms with Crippen molar-refractivity contribution in [3.8, 4) is 0 Å². The van der Waals surface area contributed by atoms with Crippen LogP contribution in [0.25, 0.3) is 0 Å². The van der Waals surface area contributed by atoms with Crippen molar-refractivity contribution in [2.45, 2.75) is 11.4 Å². The van der Waals surface area contributed by atoms with Gasteiger partial charge in [0.05, 0.1) is 11.6 Å². The van der Waals surface area contributed by atoms with E-state index in [-0.39, 0.29) is 36.2 Å². The minimum Gasteiger partial charge on any atom is -0.395 e. The van der Waals surface area contributed by atoms with Crippen molar-refractivity contribution >= 4 is 21.6 Å². The Morgan fingerprint density at radius 3 is 2.68 bits per heavy atom. The number of hydrogen-bond acceptors (Lipinski definition) is 4. The molecule has 0 radical (unpaired) electrons. The summed E-state index contributed by atoms with van der Waals surface area (Å²) in [6, 6.07) is 4.62. The number of aliphatic hydroxyl groups excluding tert-OH is 1. The molecule has 0 spiro atoms. The van der Waals surface area contributed by atoms with Gasteiger partial charge in [-0.2, -0.15) is 4.31 Å². The van der Waals surface area contributed by atoms with E-state index in [1.54, 1.807) is 6.07 Å². The topological polar surface area (TPSA) is 83.6 Å². The highest BCUT2D eigenvalue weighted by Gasteiger charge is 2.25. The third-order valence-corrected chi connectivity index (χ3v) is 4.88. The van der Waals surface area contributed by atoms with Crippen LogP contribution in [0.5, 0.6) is 0 Å². The summed E-state index contributed by atoms with van der Waals surface area (Å²) in [6.07, 6.45) is 1.45. The summed E-state index contributed by atoms with van der Waals surface area (Å²) in [7, 11) is -3.77. The van der Waals surface area contributed by atoms with Crippen LogP contribution in [0.3, 0.4) is 0 Å². The van der Waals surface area contributed by atoms with E-state index in [4.69, 9.17) is 22.4 Å². The number of rotatable bonds is 7. The molecule has 0 unspecified atom stereocenters. The molecule has 0 saturated carbocycles. The quantitative estimate of drug-likeness (QED) is 0.735. The predicted octanol–water partition coefficient (Wildman–Crippen LogP) is 0.968. The number of benzene rings is 1. The maximum atomic E-state index is 12.4. The molecule has 0 bridgehead atoms. The van der Waals surface area contributed by atoms with Gasteiger partial charge in [-0.3, -0.25) is 0 Å². The van der Waals surface area contributed by atoms with Crippen LogP contribution in [0.2, 0.25) is 5.02 Å². The summed E-state index contributed by atoms with van der Waals surface area (Å²) < 4.78 is 26.0. The molecular formula is C12H17ClN2O3S. The number of hydrogen-bond donors (Lipinski definition) is 2. The highest BCUT2D eigenvalue weighted by atomic mass is 35.5. The van der Waals surface area contributed by atoms with Crippen molar-refractivity contribution in [1.29, 1.82) is 0 Å². The SMILES string of the molecule is C=CCN(CCO)S(=O)(=O)c1cc(CN)ccc1Cl. The van der Waals surface area contributed by atoms with E-state index in [0.29, 0.717) is 5.56 Å². The first-order valence-electron chi connectivity index (χ1n) is 5.67. The lowest BCUT2D eigenvalue weighted by Crippen LogP contribution is -2.34. The van der Waals surface area contributed by atoms with Gasteiger partial charge in [0.2, 0.25) is 10.0 Å². The van der Waals surface area contributed by atoms with Crippen molar-refractivity contribution in [3.63, 3.8) is 0 Å². The van der Waals surface area contributed by atoms with Gasteiger partial charge in [-0.15, -0.1) is 6.58 Å². The lowest BCUT2D eigenvalue weighted by molar-refractivity contribution is 0.260. The minimum absolute atomic E-state index is 0.00702. The van der Waals surface area contributed by atoms with Crippen molar-refractivity contribution in [1.82, 2.24) is 4.31 Å². The van der Waals surface area contributed by atoms with Crippen molar-refractivity contribution in [2.24, 2.45) is 5.73 Å². The molecule has 19 heavy (non-hydrogen) atoms. The summed E-state index contributed by atoms with van der Waals surface area (Å²) in [6.45, 7) is 3.54. The van der Waals surface area contributed by atoms with Crippen LogP contribution in [0.15, 0.2) is 35.7 Å². The molecule has 1 aromatic carbocycles. The van der Waals surface area contributed by atoms with E-state index < -0.39 is 10.0 Å². The number of nitrogens with two attached hydrogens (primary N) is 1. The Balaban J connectivity index is 3.27. The second-order valence-electron chi connectivity index (χ2n) is 3.84. The maximum absolute atomic E-state index is 12.4. The summed E-state index contributed by atoms with van der Waals surface area (Å²) in [4.78, 5) is -0.00702. The molecule has 0 aliphatic heterocycles. The van der Waals surface area contributed by atoms with Gasteiger partial charge >= 0.3 is 0 Å². The summed E-state index contributed by atoms with van der Waals surface area (Å²) in [5.41, 5.74) is 6.17. The second kappa shape index (κ2) is 7.02. The lowest BCUT2D eigenvalue weighted by Gasteiger charge is -2.20. The van der Waals surface area contributed by atoms with Gasteiger partial charge in [0.15, 0.2) is 0 Å². The molecule has 0 heterocycles. The fraction of sp³-hybridized carbons (Fsp3) is 0.333. The standard InChI is InChI=1S/C12H17ClN2O3S/c1-2-5-15(6-7-16)19(17,18)12-8-10(9-14)3-4-11(12)13/h2-4,8,16H,1,5-7,9,14H2. The van der Waals surface area contributed by atoms with Crippen LogP contribution in [0.1, 0.15) is 5.56 Å². The Hall–Kier alpha value is -0.920. The fourth-order valence-electron chi connectivity index (χ4n) is 1.58. The van der Waals surface area contributed by atoms with Crippen molar-refractivity contribution in [3.05, 3.63) is 41.4 Å². The molecule has 0 saturated heterocycles. The highest BCUT2D eigenvalue weighted by Crippen LogP contribution is 2.25. The van der Waals surface area contributed by atoms with E-state index in [2.05, 4.69) is 6.58 Å². The van der Waals surface area contributed by atoms with Gasteiger partial charge < -0.3 is 10.8 Å². The molecule has 0 aromatic heterocycles. The predicted molar refractivity (Wildman–Crippen MR) is 75.4 cm³/mol. The van der Waals surface area contributed by atoms with E-state index in [1.807, 2.05) is 0 Å². The van der Waals surface area contributed by atoms with Gasteiger partial charge in [-0.1, -0.05) is 23.7 Å². The summed E-state index contributed by atoms with van der Waals surface area (Å²) in [5.74, 6) is 0. The molecule has 1 rings (SSSR count). The van der Waals surface area contributed by atoms with E-state index in [9.17, 15) is 8.42 Å². The van der Waals surface area contributed by atoms with Crippen LogP contribution in [-0.4, -0.2) is 37.5 Å². The molecule has 5 nitrogen and oxygen atoms in total. The van der Waals surface area contributed by atoms with Gasteiger partial charge in [-0.25, -0.2) is 8.42 Å². The molecule has 0 aliphatic carbocycles. The van der Waals surface area contributed by atoms with Crippen molar-refractivity contribution < 1.29 is 13.5 Å². The molecule has 7 heteroatoms. The number of sulfonamides is 1. The van der Waals surface area contributed by atoms with E-state index >= 15 is 0 Å². The summed E-state index contributed by atoms with van der Waals surface area (Å²) in [5, 5.41) is 9.08. The van der Waals surface area contributed by atoms with Crippen LogP contribution in [0, 0.1) is 0 Å². The zero-order chi connectivity index (χ0) is 14.5. The molecule has 0 atom stereocenters. The second-order valence-corrected chi connectivity index (χ2v) is 6.16. The molecule has 0 fully saturated rings. The zero-order valence-corrected chi connectivity index (χ0v) is 12.0. The number of nitrogens with zero attached hydrogens (tertiary/aromatic N) is 1. The lowest BCUT2D eigenvalue weighted by atomic mass is 10.2. The average molecular weight is 305 g/mol. The van der Waals surface area contributed by atoms with Gasteiger partial charge in [0.1, 0.15) is 4.90 Å². The Labute approximate surface area is 118 Å². The van der Waals surface area contributed by atoms with Crippen LogP contribution in [0.4, 0.5) is 0 Å². The van der Waals surface area contributed by atoms with Crippen LogP contribution < -0.4 is 5.73 Å². The molecule has 0 amide bonds. The Bertz CT molecular complexity index is 546. The maximum Gasteiger partial charge on any atom is 0.244 e. The average Bonchev–Trinajstić information content (AvgIpc) is 2.39. The third kappa shape index (κ3) is 3.77. The summed E-state index contributed by atoms with van der Waals surface area (Å²) >= 11 is 5.95. The van der Waals surface area contributed by atoms with Gasteiger partial charge in [0.25, 0.3) is 0 Å². The van der Waals surface area contributed by atoms with Gasteiger partial charge in [0, 0.05) is 19.6 Å². The fourth-order valence-corrected chi connectivity index (χ4v) is 3.50. The van der Waals surface area contributed by atoms with E-state index in [1.165, 1.54) is 18.2 Å². The highest BCUT2D eigenvalue weighted by molar-refractivity contribution is 7.89. The smallest absolute Gasteiger partial charge is 0.244 e. The third-order valence-electron chi connectivity index (χ3n) is 2.53. The Morgan fingerprint density at radius 1 is 1.47 bits per heavy atom. The van der Waals surface area contributed by atoms with E-state index in [0.717, 1.165) is 4.31 Å². The molecule has 1 aromatic rings. The molecular weight excluding hydrogens is 288 g/mol. The Morgan fingerprint density at radius 2 is 2.16 bits per heavy atom. The zero-order valence-electron chi connectivity index (χ0n) is 10.4. The first-order chi connectivity index (χ1) is 8.97. The normalized spacial score (nSPS) is 11.8. The van der Waals surface area contributed by atoms with Crippen molar-refractivity contribution in [2.75, 3.05) is 19.7 Å². The Kier molecular flexibility index (Phi) is 5.96. The number of halogens is 1. The minimum atomic E-state index is -3.77. The molecule has 106 valence electrons. The van der Waals surface area contributed by atoms with Gasteiger partial charge in [-0.05, 0) is 17.7 Å². The first-order valence-corrected chi connectivity index (χ1v) is 7.49. The number of aliphatic hydroxyl groups is 1.